The predicted octanol–water partition coefficient (Wildman–Crippen LogP) is 2.58. The van der Waals surface area contributed by atoms with Crippen LogP contribution in [0, 0.1) is 5.82 Å². The number of rotatable bonds is 3. The van der Waals surface area contributed by atoms with Gasteiger partial charge in [0.05, 0.1) is 11.9 Å². The molecule has 1 atom stereocenters. The van der Waals surface area contributed by atoms with Gasteiger partial charge in [0.15, 0.2) is 5.41 Å². The first-order chi connectivity index (χ1) is 9.38. The van der Waals surface area contributed by atoms with Crippen molar-refractivity contribution >= 4 is 5.97 Å². The number of hydrogen-bond donors (Lipinski definition) is 2. The van der Waals surface area contributed by atoms with Gasteiger partial charge in [0.25, 0.3) is 5.92 Å². The molecule has 20 heavy (non-hydrogen) atoms. The number of hydrogen-bond acceptors (Lipinski definition) is 2. The van der Waals surface area contributed by atoms with Crippen LogP contribution in [0.3, 0.4) is 0 Å². The molecule has 7 heteroatoms. The SMILES string of the molecule is O=C(O)C1(c2cn[nH]c2-c2ccc(F)cc2)CC1(F)F. The summed E-state index contributed by atoms with van der Waals surface area (Å²) in [6, 6.07) is 5.09. The number of nitrogens with zero attached hydrogens (tertiary/aromatic N) is 1. The number of halogens is 3. The van der Waals surface area contributed by atoms with E-state index in [1.54, 1.807) is 0 Å². The summed E-state index contributed by atoms with van der Waals surface area (Å²) in [4.78, 5) is 11.3. The van der Waals surface area contributed by atoms with E-state index in [4.69, 9.17) is 5.11 Å². The van der Waals surface area contributed by atoms with E-state index in [0.717, 1.165) is 6.20 Å². The highest BCUT2D eigenvalue weighted by Crippen LogP contribution is 2.62. The van der Waals surface area contributed by atoms with E-state index >= 15 is 0 Å². The number of carboxylic acid groups (broad SMARTS) is 1. The van der Waals surface area contributed by atoms with Crippen LogP contribution >= 0.6 is 0 Å². The van der Waals surface area contributed by atoms with Gasteiger partial charge in [-0.2, -0.15) is 5.10 Å². The molecule has 1 aromatic carbocycles. The highest BCUT2D eigenvalue weighted by molar-refractivity contribution is 5.90. The molecule has 4 nitrogen and oxygen atoms in total. The molecule has 1 unspecified atom stereocenters. The first-order valence-corrected chi connectivity index (χ1v) is 5.79. The lowest BCUT2D eigenvalue weighted by Gasteiger charge is -2.11. The number of H-pyrrole nitrogens is 1. The third-order valence-corrected chi connectivity index (χ3v) is 3.58. The van der Waals surface area contributed by atoms with Crippen LogP contribution in [0.25, 0.3) is 11.3 Å². The predicted molar refractivity (Wildman–Crippen MR) is 62.9 cm³/mol. The van der Waals surface area contributed by atoms with Crippen LogP contribution < -0.4 is 0 Å². The number of carboxylic acids is 1. The summed E-state index contributed by atoms with van der Waals surface area (Å²) in [5.41, 5.74) is -1.75. The largest absolute Gasteiger partial charge is 0.480 e. The third-order valence-electron chi connectivity index (χ3n) is 3.58. The quantitative estimate of drug-likeness (QED) is 0.909. The lowest BCUT2D eigenvalue weighted by Crippen LogP contribution is -2.27. The van der Waals surface area contributed by atoms with E-state index in [1.807, 2.05) is 0 Å². The molecule has 0 radical (unpaired) electrons. The first-order valence-electron chi connectivity index (χ1n) is 5.79. The van der Waals surface area contributed by atoms with Gasteiger partial charge in [0, 0.05) is 17.5 Å². The number of benzene rings is 1. The second-order valence-electron chi connectivity index (χ2n) is 4.76. The van der Waals surface area contributed by atoms with Crippen molar-refractivity contribution in [3.05, 3.63) is 41.8 Å². The smallest absolute Gasteiger partial charge is 0.320 e. The van der Waals surface area contributed by atoms with Gasteiger partial charge < -0.3 is 5.11 Å². The number of aromatic amines is 1. The third kappa shape index (κ3) is 1.55. The summed E-state index contributed by atoms with van der Waals surface area (Å²) >= 11 is 0. The maximum Gasteiger partial charge on any atom is 0.320 e. The molecule has 0 amide bonds. The Morgan fingerprint density at radius 2 is 1.90 bits per heavy atom. The molecular formula is C13H9F3N2O2. The van der Waals surface area contributed by atoms with Gasteiger partial charge in [-0.25, -0.2) is 13.2 Å². The Morgan fingerprint density at radius 3 is 2.40 bits per heavy atom. The lowest BCUT2D eigenvalue weighted by molar-refractivity contribution is -0.142. The topological polar surface area (TPSA) is 66.0 Å². The summed E-state index contributed by atoms with van der Waals surface area (Å²) in [6.07, 6.45) is 0.330. The normalized spacial score (nSPS) is 23.6. The second kappa shape index (κ2) is 3.84. The summed E-state index contributed by atoms with van der Waals surface area (Å²) in [7, 11) is 0. The van der Waals surface area contributed by atoms with Crippen LogP contribution in [0.2, 0.25) is 0 Å². The monoisotopic (exact) mass is 282 g/mol. The molecule has 0 bridgehead atoms. The molecule has 1 aromatic heterocycles. The zero-order chi connectivity index (χ0) is 14.5. The zero-order valence-electron chi connectivity index (χ0n) is 10.0. The highest BCUT2D eigenvalue weighted by Gasteiger charge is 2.78. The first kappa shape index (κ1) is 12.7. The highest BCUT2D eigenvalue weighted by atomic mass is 19.3. The number of carbonyl (C=O) groups is 1. The van der Waals surface area contributed by atoms with Crippen LogP contribution in [-0.2, 0) is 10.2 Å². The second-order valence-corrected chi connectivity index (χ2v) is 4.76. The standard InChI is InChI=1S/C13H9F3N2O2/c14-8-3-1-7(2-4-8)10-9(5-17-18-10)12(11(19)20)6-13(12,15)16/h1-5H,6H2,(H,17,18)(H,19,20). The molecule has 0 spiro atoms. The fraction of sp³-hybridized carbons (Fsp3) is 0.231. The minimum Gasteiger partial charge on any atom is -0.480 e. The minimum absolute atomic E-state index is 0.0818. The van der Waals surface area contributed by atoms with Gasteiger partial charge in [-0.15, -0.1) is 0 Å². The van der Waals surface area contributed by atoms with Crippen molar-refractivity contribution in [2.45, 2.75) is 17.8 Å². The van der Waals surface area contributed by atoms with Crippen molar-refractivity contribution < 1.29 is 23.1 Å². The summed E-state index contributed by atoms with van der Waals surface area (Å²) in [5.74, 6) is -5.37. The van der Waals surface area contributed by atoms with Crippen LogP contribution in [0.1, 0.15) is 12.0 Å². The lowest BCUT2D eigenvalue weighted by atomic mass is 9.93. The Balaban J connectivity index is 2.12. The molecule has 1 aliphatic carbocycles. The fourth-order valence-corrected chi connectivity index (χ4v) is 2.37. The van der Waals surface area contributed by atoms with E-state index in [9.17, 15) is 18.0 Å². The van der Waals surface area contributed by atoms with Gasteiger partial charge in [0.1, 0.15) is 5.82 Å². The summed E-state index contributed by atoms with van der Waals surface area (Å²) in [6.45, 7) is 0. The van der Waals surface area contributed by atoms with E-state index in [-0.39, 0.29) is 11.3 Å². The van der Waals surface area contributed by atoms with Gasteiger partial charge in [-0.05, 0) is 24.3 Å². The molecule has 1 fully saturated rings. The molecule has 2 aromatic rings. The molecular weight excluding hydrogens is 273 g/mol. The van der Waals surface area contributed by atoms with Crippen molar-refractivity contribution in [2.75, 3.05) is 0 Å². The molecule has 0 saturated heterocycles. The van der Waals surface area contributed by atoms with Crippen LogP contribution in [0.15, 0.2) is 30.5 Å². The molecule has 1 saturated carbocycles. The number of aromatic nitrogens is 2. The molecule has 1 heterocycles. The van der Waals surface area contributed by atoms with Gasteiger partial charge in [-0.1, -0.05) is 0 Å². The van der Waals surface area contributed by atoms with E-state index in [1.165, 1.54) is 24.3 Å². The van der Waals surface area contributed by atoms with Crippen LogP contribution in [-0.4, -0.2) is 27.2 Å². The summed E-state index contributed by atoms with van der Waals surface area (Å²) < 4.78 is 40.0. The Hall–Kier alpha value is -2.31. The van der Waals surface area contributed by atoms with Gasteiger partial charge in [-0.3, -0.25) is 9.89 Å². The fourth-order valence-electron chi connectivity index (χ4n) is 2.37. The van der Waals surface area contributed by atoms with Crippen molar-refractivity contribution in [1.29, 1.82) is 0 Å². The average Bonchev–Trinajstić information content (AvgIpc) is 2.75. The van der Waals surface area contributed by atoms with Crippen molar-refractivity contribution in [2.24, 2.45) is 0 Å². The maximum absolute atomic E-state index is 13.5. The van der Waals surface area contributed by atoms with Crippen molar-refractivity contribution in [3.63, 3.8) is 0 Å². The van der Waals surface area contributed by atoms with Crippen molar-refractivity contribution in [1.82, 2.24) is 10.2 Å². The molecule has 1 aliphatic rings. The van der Waals surface area contributed by atoms with E-state index in [2.05, 4.69) is 10.2 Å². The van der Waals surface area contributed by atoms with E-state index in [0.29, 0.717) is 5.56 Å². The Kier molecular flexibility index (Phi) is 2.44. The average molecular weight is 282 g/mol. The molecule has 2 N–H and O–H groups in total. The minimum atomic E-state index is -3.31. The van der Waals surface area contributed by atoms with Crippen LogP contribution in [0.4, 0.5) is 13.2 Å². The maximum atomic E-state index is 13.5. The van der Waals surface area contributed by atoms with Gasteiger partial charge in [0.2, 0.25) is 0 Å². The molecule has 3 rings (SSSR count). The number of nitrogens with one attached hydrogen (secondary N) is 1. The Bertz CT molecular complexity index is 681. The summed E-state index contributed by atoms with van der Waals surface area (Å²) in [5, 5.41) is 15.3. The molecule has 0 aliphatic heterocycles. The number of alkyl halides is 2. The van der Waals surface area contributed by atoms with E-state index < -0.39 is 29.5 Å². The number of aliphatic carboxylic acids is 1. The van der Waals surface area contributed by atoms with Gasteiger partial charge >= 0.3 is 5.97 Å². The zero-order valence-corrected chi connectivity index (χ0v) is 10.0. The van der Waals surface area contributed by atoms with Crippen molar-refractivity contribution in [3.8, 4) is 11.3 Å². The molecule has 104 valence electrons. The Labute approximate surface area is 111 Å². The Morgan fingerprint density at radius 1 is 1.30 bits per heavy atom. The van der Waals surface area contributed by atoms with Crippen LogP contribution in [0.5, 0.6) is 0 Å².